The van der Waals surface area contributed by atoms with Gasteiger partial charge in [-0.15, -0.1) is 0 Å². The van der Waals surface area contributed by atoms with Crippen molar-refractivity contribution < 1.29 is 32.2 Å². The highest BCUT2D eigenvalue weighted by Crippen LogP contribution is 2.36. The first kappa shape index (κ1) is 25.9. The van der Waals surface area contributed by atoms with Gasteiger partial charge in [0.25, 0.3) is 5.91 Å². The number of nitrogens with zero attached hydrogens (tertiary/aromatic N) is 3. The second kappa shape index (κ2) is 10.0. The number of benzene rings is 2. The Morgan fingerprint density at radius 2 is 1.80 bits per heavy atom. The molecule has 0 radical (unpaired) electrons. The van der Waals surface area contributed by atoms with Gasteiger partial charge in [0.1, 0.15) is 13.2 Å². The zero-order valence-electron chi connectivity index (χ0n) is 22.3. The largest absolute Gasteiger partial charge is 0.493 e. The number of carbonyl (C=O) groups is 1. The first-order chi connectivity index (χ1) is 19.3. The fourth-order valence-electron chi connectivity index (χ4n) is 5.18. The van der Waals surface area contributed by atoms with E-state index >= 15 is 0 Å². The molecule has 0 saturated carbocycles. The van der Waals surface area contributed by atoms with Gasteiger partial charge >= 0.3 is 0 Å². The Morgan fingerprint density at radius 1 is 1.02 bits per heavy atom. The van der Waals surface area contributed by atoms with Crippen LogP contribution in [-0.2, 0) is 9.84 Å². The molecule has 12 heteroatoms. The normalized spacial score (nSPS) is 17.5. The van der Waals surface area contributed by atoms with Crippen molar-refractivity contribution in [1.29, 1.82) is 0 Å². The molecule has 1 amide bonds. The molecule has 2 aromatic carbocycles. The van der Waals surface area contributed by atoms with E-state index in [4.69, 9.17) is 23.9 Å². The summed E-state index contributed by atoms with van der Waals surface area (Å²) < 4.78 is 48.3. The summed E-state index contributed by atoms with van der Waals surface area (Å²) in [6.45, 7) is 2.69. The number of nitrogens with one attached hydrogen (secondary N) is 1. The summed E-state index contributed by atoms with van der Waals surface area (Å²) in [6.07, 6.45) is 0.430. The highest BCUT2D eigenvalue weighted by atomic mass is 32.2. The fraction of sp³-hybridized carbons (Fsp3) is 0.321. The van der Waals surface area contributed by atoms with Crippen molar-refractivity contribution >= 4 is 32.5 Å². The summed E-state index contributed by atoms with van der Waals surface area (Å²) in [5, 5.41) is 8.19. The molecule has 0 aliphatic carbocycles. The van der Waals surface area contributed by atoms with Gasteiger partial charge in [-0.2, -0.15) is 5.10 Å². The molecule has 2 aliphatic heterocycles. The topological polar surface area (TPSA) is 131 Å². The van der Waals surface area contributed by atoms with Gasteiger partial charge in [-0.05, 0) is 49.7 Å². The maximum atomic E-state index is 13.8. The van der Waals surface area contributed by atoms with Crippen LogP contribution in [0, 0.1) is 6.92 Å². The predicted octanol–water partition coefficient (Wildman–Crippen LogP) is 3.81. The van der Waals surface area contributed by atoms with E-state index in [2.05, 4.69) is 10.4 Å². The second-order valence-electron chi connectivity index (χ2n) is 9.72. The van der Waals surface area contributed by atoms with Gasteiger partial charge in [0.05, 0.1) is 54.1 Å². The van der Waals surface area contributed by atoms with Crippen LogP contribution < -0.4 is 24.3 Å². The third-order valence-electron chi connectivity index (χ3n) is 7.12. The van der Waals surface area contributed by atoms with Crippen molar-refractivity contribution in [3.8, 4) is 34.3 Å². The number of aryl methyl sites for hydroxylation is 1. The molecule has 0 bridgehead atoms. The Morgan fingerprint density at radius 3 is 2.52 bits per heavy atom. The lowest BCUT2D eigenvalue weighted by molar-refractivity contribution is 0.102. The highest BCUT2D eigenvalue weighted by molar-refractivity contribution is 7.91. The van der Waals surface area contributed by atoms with E-state index in [0.717, 1.165) is 0 Å². The molecule has 40 heavy (non-hydrogen) atoms. The molecule has 1 N–H and O–H groups in total. The number of ether oxygens (including phenoxy) is 4. The smallest absolute Gasteiger partial charge is 0.256 e. The van der Waals surface area contributed by atoms with E-state index < -0.39 is 9.84 Å². The van der Waals surface area contributed by atoms with Crippen LogP contribution in [0.15, 0.2) is 42.5 Å². The number of methoxy groups -OCH3 is 2. The van der Waals surface area contributed by atoms with Gasteiger partial charge in [0.2, 0.25) is 0 Å². The van der Waals surface area contributed by atoms with Crippen LogP contribution in [-0.4, -0.2) is 68.0 Å². The number of carbonyl (C=O) groups excluding carboxylic acids is 1. The van der Waals surface area contributed by atoms with Crippen LogP contribution in [0.4, 0.5) is 5.69 Å². The molecular weight excluding hydrogens is 536 g/mol. The summed E-state index contributed by atoms with van der Waals surface area (Å²) in [4.78, 5) is 18.7. The minimum Gasteiger partial charge on any atom is -0.493 e. The van der Waals surface area contributed by atoms with Crippen molar-refractivity contribution in [1.82, 2.24) is 14.8 Å². The summed E-state index contributed by atoms with van der Waals surface area (Å²) in [5.74, 6) is 1.94. The van der Waals surface area contributed by atoms with E-state index in [1.807, 2.05) is 6.07 Å². The average molecular weight is 565 g/mol. The summed E-state index contributed by atoms with van der Waals surface area (Å²) in [6, 6.07) is 11.9. The molecule has 6 rings (SSSR count). The van der Waals surface area contributed by atoms with Gasteiger partial charge in [-0.1, -0.05) is 0 Å². The van der Waals surface area contributed by atoms with E-state index in [1.54, 1.807) is 62.2 Å². The number of amides is 1. The lowest BCUT2D eigenvalue weighted by Crippen LogP contribution is -2.17. The summed E-state index contributed by atoms with van der Waals surface area (Å²) in [7, 11) is -0.0774. The molecule has 2 aliphatic rings. The third kappa shape index (κ3) is 4.68. The number of anilines is 1. The number of pyridine rings is 1. The lowest BCUT2D eigenvalue weighted by Gasteiger charge is -2.19. The van der Waals surface area contributed by atoms with Crippen molar-refractivity contribution in [2.45, 2.75) is 19.4 Å². The molecule has 1 atom stereocenters. The third-order valence-corrected chi connectivity index (χ3v) is 8.87. The van der Waals surface area contributed by atoms with Crippen molar-refractivity contribution in [3.05, 3.63) is 53.7 Å². The SMILES string of the molecule is COc1ccc(-c2cc(C(=O)Nc3ccc4c(c3)OCCO4)c3c(C)nn(C4CCS(=O)(=O)C4)c3n2)cc1OC. The van der Waals surface area contributed by atoms with Crippen LogP contribution >= 0.6 is 0 Å². The van der Waals surface area contributed by atoms with Crippen molar-refractivity contribution in [3.63, 3.8) is 0 Å². The molecule has 4 heterocycles. The van der Waals surface area contributed by atoms with Crippen LogP contribution in [0.1, 0.15) is 28.5 Å². The maximum Gasteiger partial charge on any atom is 0.256 e. The Balaban J connectivity index is 1.48. The van der Waals surface area contributed by atoms with Gasteiger partial charge in [0, 0.05) is 17.3 Å². The van der Waals surface area contributed by atoms with Crippen LogP contribution in [0.5, 0.6) is 23.0 Å². The number of aromatic nitrogens is 3. The predicted molar refractivity (Wildman–Crippen MR) is 148 cm³/mol. The molecule has 1 unspecified atom stereocenters. The van der Waals surface area contributed by atoms with Crippen LogP contribution in [0.25, 0.3) is 22.3 Å². The van der Waals surface area contributed by atoms with E-state index in [-0.39, 0.29) is 23.5 Å². The Kier molecular flexibility index (Phi) is 6.49. The number of hydrogen-bond acceptors (Lipinski definition) is 9. The molecule has 0 spiro atoms. The number of rotatable bonds is 6. The summed E-state index contributed by atoms with van der Waals surface area (Å²) >= 11 is 0. The standard InChI is InChI=1S/C28H28N4O7S/c1-16-26-20(28(33)29-18-5-7-23-25(13-18)39-10-9-38-23)14-21(17-4-6-22(36-2)24(12-17)37-3)30-27(26)32(31-16)19-8-11-40(34,35)15-19/h4-7,12-14,19H,8-11,15H2,1-3H3,(H,29,33). The van der Waals surface area contributed by atoms with Crippen molar-refractivity contribution in [2.75, 3.05) is 44.3 Å². The van der Waals surface area contributed by atoms with Crippen molar-refractivity contribution in [2.24, 2.45) is 0 Å². The van der Waals surface area contributed by atoms with E-state index in [0.29, 0.717) is 81.9 Å². The minimum atomic E-state index is -3.18. The number of fused-ring (bicyclic) bond motifs is 2. The highest BCUT2D eigenvalue weighted by Gasteiger charge is 2.32. The van der Waals surface area contributed by atoms with Gasteiger partial charge in [0.15, 0.2) is 38.5 Å². The molecule has 4 aromatic rings. The molecule has 1 saturated heterocycles. The average Bonchev–Trinajstić information content (AvgIpc) is 3.50. The fourth-order valence-corrected chi connectivity index (χ4v) is 6.87. The van der Waals surface area contributed by atoms with Gasteiger partial charge < -0.3 is 24.3 Å². The van der Waals surface area contributed by atoms with Gasteiger partial charge in [-0.3, -0.25) is 4.79 Å². The molecule has 11 nitrogen and oxygen atoms in total. The zero-order chi connectivity index (χ0) is 28.0. The van der Waals surface area contributed by atoms with E-state index in [9.17, 15) is 13.2 Å². The first-order valence-electron chi connectivity index (χ1n) is 12.8. The number of sulfone groups is 1. The molecule has 1 fully saturated rings. The maximum absolute atomic E-state index is 13.8. The summed E-state index contributed by atoms with van der Waals surface area (Å²) in [5.41, 5.74) is 3.12. The van der Waals surface area contributed by atoms with Gasteiger partial charge in [-0.25, -0.2) is 18.1 Å². The molecule has 2 aromatic heterocycles. The van der Waals surface area contributed by atoms with E-state index in [1.165, 1.54) is 0 Å². The second-order valence-corrected chi connectivity index (χ2v) is 12.0. The lowest BCUT2D eigenvalue weighted by atomic mass is 10.0. The number of hydrogen-bond donors (Lipinski definition) is 1. The van der Waals surface area contributed by atoms with Crippen LogP contribution in [0.2, 0.25) is 0 Å². The quantitative estimate of drug-likeness (QED) is 0.371. The minimum absolute atomic E-state index is 0.0236. The monoisotopic (exact) mass is 564 g/mol. The Bertz CT molecular complexity index is 1750. The molecular formula is C28H28N4O7S. The zero-order valence-corrected chi connectivity index (χ0v) is 23.1. The first-order valence-corrected chi connectivity index (χ1v) is 14.6. The Labute approximate surface area is 230 Å². The Hall–Kier alpha value is -4.32. The van der Waals surface area contributed by atoms with Crippen LogP contribution in [0.3, 0.4) is 0 Å². The molecule has 208 valence electrons.